The molecule has 0 aromatic heterocycles. The van der Waals surface area contributed by atoms with Crippen LogP contribution in [0.15, 0.2) is 12.1 Å². The number of aromatic hydroxyl groups is 1. The van der Waals surface area contributed by atoms with Crippen molar-refractivity contribution in [2.24, 2.45) is 5.41 Å². The van der Waals surface area contributed by atoms with E-state index < -0.39 is 11.4 Å². The average molecular weight is 222 g/mol. The van der Waals surface area contributed by atoms with E-state index in [0.29, 0.717) is 6.42 Å². The van der Waals surface area contributed by atoms with Crippen LogP contribution in [-0.2, 0) is 11.2 Å². The first-order valence-corrected chi connectivity index (χ1v) is 5.27. The fourth-order valence-electron chi connectivity index (χ4n) is 1.60. The van der Waals surface area contributed by atoms with Crippen molar-refractivity contribution in [2.75, 3.05) is 0 Å². The van der Waals surface area contributed by atoms with Gasteiger partial charge in [0.25, 0.3) is 0 Å². The van der Waals surface area contributed by atoms with Gasteiger partial charge in [-0.3, -0.25) is 4.79 Å². The topological polar surface area (TPSA) is 57.5 Å². The second-order valence-corrected chi connectivity index (χ2v) is 4.87. The molecule has 0 aliphatic heterocycles. The maximum Gasteiger partial charge on any atom is 0.309 e. The molecule has 0 saturated heterocycles. The minimum Gasteiger partial charge on any atom is -0.508 e. The van der Waals surface area contributed by atoms with Crippen molar-refractivity contribution in [3.63, 3.8) is 0 Å². The average Bonchev–Trinajstić information content (AvgIpc) is 2.18. The molecule has 1 aromatic rings. The van der Waals surface area contributed by atoms with Crippen LogP contribution in [0.1, 0.15) is 30.5 Å². The number of carboxylic acid groups (broad SMARTS) is 1. The predicted molar refractivity (Wildman–Crippen MR) is 62.7 cm³/mol. The Morgan fingerprint density at radius 2 is 1.88 bits per heavy atom. The number of hydrogen-bond acceptors (Lipinski definition) is 2. The zero-order chi connectivity index (χ0) is 12.5. The quantitative estimate of drug-likeness (QED) is 0.826. The summed E-state index contributed by atoms with van der Waals surface area (Å²) in [6.07, 6.45) is 0.335. The highest BCUT2D eigenvalue weighted by Gasteiger charge is 2.29. The van der Waals surface area contributed by atoms with Gasteiger partial charge in [0.2, 0.25) is 0 Å². The van der Waals surface area contributed by atoms with Gasteiger partial charge in [0.1, 0.15) is 5.75 Å². The Kier molecular flexibility index (Phi) is 3.27. The Hall–Kier alpha value is -1.51. The Labute approximate surface area is 95.7 Å². The van der Waals surface area contributed by atoms with Gasteiger partial charge in [0.05, 0.1) is 5.41 Å². The minimum atomic E-state index is -0.865. The van der Waals surface area contributed by atoms with Gasteiger partial charge >= 0.3 is 5.97 Å². The molecule has 0 aliphatic rings. The zero-order valence-electron chi connectivity index (χ0n) is 10.2. The maximum absolute atomic E-state index is 11.1. The van der Waals surface area contributed by atoms with Crippen LogP contribution in [0.2, 0.25) is 0 Å². The lowest BCUT2D eigenvalue weighted by Gasteiger charge is -2.21. The van der Waals surface area contributed by atoms with E-state index in [-0.39, 0.29) is 5.75 Å². The monoisotopic (exact) mass is 222 g/mol. The van der Waals surface area contributed by atoms with Crippen LogP contribution < -0.4 is 0 Å². The van der Waals surface area contributed by atoms with Crippen LogP contribution in [0, 0.1) is 19.3 Å². The van der Waals surface area contributed by atoms with E-state index in [2.05, 4.69) is 0 Å². The van der Waals surface area contributed by atoms with Crippen molar-refractivity contribution in [1.29, 1.82) is 0 Å². The standard InChI is InChI=1S/C13H18O3/c1-8-5-6-11(14)10(9(8)2)7-13(3,4)12(15)16/h5-6,14H,7H2,1-4H3,(H,15,16). The first kappa shape index (κ1) is 12.6. The normalized spacial score (nSPS) is 11.5. The lowest BCUT2D eigenvalue weighted by Crippen LogP contribution is -2.26. The van der Waals surface area contributed by atoms with Gasteiger partial charge in [-0.05, 0) is 56.9 Å². The summed E-state index contributed by atoms with van der Waals surface area (Å²) in [5.41, 5.74) is 1.89. The molecule has 0 aliphatic carbocycles. The molecule has 0 atom stereocenters. The van der Waals surface area contributed by atoms with Gasteiger partial charge < -0.3 is 10.2 Å². The molecular weight excluding hydrogens is 204 g/mol. The van der Waals surface area contributed by atoms with Crippen LogP contribution in [0.25, 0.3) is 0 Å². The molecule has 2 N–H and O–H groups in total. The van der Waals surface area contributed by atoms with Crippen molar-refractivity contribution in [1.82, 2.24) is 0 Å². The Bertz CT molecular complexity index is 419. The molecule has 0 spiro atoms. The summed E-state index contributed by atoms with van der Waals surface area (Å²) < 4.78 is 0. The van der Waals surface area contributed by atoms with Crippen LogP contribution in [0.5, 0.6) is 5.75 Å². The van der Waals surface area contributed by atoms with Crippen molar-refractivity contribution in [3.05, 3.63) is 28.8 Å². The highest BCUT2D eigenvalue weighted by molar-refractivity contribution is 5.74. The number of rotatable bonds is 3. The number of aliphatic carboxylic acids is 1. The molecule has 0 amide bonds. The molecule has 0 unspecified atom stereocenters. The van der Waals surface area contributed by atoms with Crippen LogP contribution in [0.3, 0.4) is 0 Å². The van der Waals surface area contributed by atoms with Crippen molar-refractivity contribution in [3.8, 4) is 5.75 Å². The van der Waals surface area contributed by atoms with Gasteiger partial charge in [0, 0.05) is 0 Å². The molecule has 16 heavy (non-hydrogen) atoms. The maximum atomic E-state index is 11.1. The Morgan fingerprint density at radius 1 is 1.31 bits per heavy atom. The fourth-order valence-corrected chi connectivity index (χ4v) is 1.60. The van der Waals surface area contributed by atoms with E-state index >= 15 is 0 Å². The SMILES string of the molecule is Cc1ccc(O)c(CC(C)(C)C(=O)O)c1C. The van der Waals surface area contributed by atoms with Crippen molar-refractivity contribution >= 4 is 5.97 Å². The molecule has 0 radical (unpaired) electrons. The number of phenols is 1. The third kappa shape index (κ3) is 2.35. The van der Waals surface area contributed by atoms with Crippen LogP contribution in [0.4, 0.5) is 0 Å². The number of aryl methyl sites for hydroxylation is 1. The lowest BCUT2D eigenvalue weighted by molar-refractivity contribution is -0.146. The van der Waals surface area contributed by atoms with Gasteiger partial charge in [-0.15, -0.1) is 0 Å². The Balaban J connectivity index is 3.15. The summed E-state index contributed by atoms with van der Waals surface area (Å²) in [6.45, 7) is 7.18. The predicted octanol–water partition coefficient (Wildman–Crippen LogP) is 2.66. The molecule has 1 aromatic carbocycles. The first-order valence-electron chi connectivity index (χ1n) is 5.27. The van der Waals surface area contributed by atoms with Crippen molar-refractivity contribution in [2.45, 2.75) is 34.1 Å². The van der Waals surface area contributed by atoms with E-state index in [9.17, 15) is 9.90 Å². The molecule has 88 valence electrons. The highest BCUT2D eigenvalue weighted by atomic mass is 16.4. The molecular formula is C13H18O3. The number of carboxylic acids is 1. The molecule has 1 rings (SSSR count). The number of phenolic OH excluding ortho intramolecular Hbond substituents is 1. The Morgan fingerprint density at radius 3 is 2.38 bits per heavy atom. The summed E-state index contributed by atoms with van der Waals surface area (Å²) >= 11 is 0. The summed E-state index contributed by atoms with van der Waals surface area (Å²) in [4.78, 5) is 11.1. The van der Waals surface area contributed by atoms with Crippen LogP contribution in [-0.4, -0.2) is 16.2 Å². The molecule has 0 heterocycles. The van der Waals surface area contributed by atoms with Crippen LogP contribution >= 0.6 is 0 Å². The minimum absolute atomic E-state index is 0.178. The van der Waals surface area contributed by atoms with E-state index in [1.807, 2.05) is 19.9 Å². The van der Waals surface area contributed by atoms with Crippen molar-refractivity contribution < 1.29 is 15.0 Å². The van der Waals surface area contributed by atoms with Gasteiger partial charge in [-0.2, -0.15) is 0 Å². The third-order valence-corrected chi connectivity index (χ3v) is 3.04. The van der Waals surface area contributed by atoms with E-state index in [1.54, 1.807) is 19.9 Å². The zero-order valence-corrected chi connectivity index (χ0v) is 10.2. The van der Waals surface area contributed by atoms with E-state index in [1.165, 1.54) is 0 Å². The first-order chi connectivity index (χ1) is 7.25. The number of hydrogen-bond donors (Lipinski definition) is 2. The van der Waals surface area contributed by atoms with E-state index in [4.69, 9.17) is 5.11 Å². The molecule has 3 heteroatoms. The summed E-state index contributed by atoms with van der Waals surface area (Å²) in [5, 5.41) is 18.8. The summed E-state index contributed by atoms with van der Waals surface area (Å²) in [5.74, 6) is -0.676. The molecule has 3 nitrogen and oxygen atoms in total. The summed E-state index contributed by atoms with van der Waals surface area (Å²) in [7, 11) is 0. The number of benzene rings is 1. The molecule has 0 bridgehead atoms. The second kappa shape index (κ2) is 4.16. The van der Waals surface area contributed by atoms with Gasteiger partial charge in [-0.1, -0.05) is 6.07 Å². The lowest BCUT2D eigenvalue weighted by atomic mass is 9.83. The molecule has 0 fully saturated rings. The summed E-state index contributed by atoms with van der Waals surface area (Å²) in [6, 6.07) is 3.46. The third-order valence-electron chi connectivity index (χ3n) is 3.04. The van der Waals surface area contributed by atoms with E-state index in [0.717, 1.165) is 16.7 Å². The van der Waals surface area contributed by atoms with Gasteiger partial charge in [0.15, 0.2) is 0 Å². The largest absolute Gasteiger partial charge is 0.508 e. The molecule has 0 saturated carbocycles. The number of carbonyl (C=O) groups is 1. The highest BCUT2D eigenvalue weighted by Crippen LogP contribution is 2.31. The fraction of sp³-hybridized carbons (Fsp3) is 0.462. The van der Waals surface area contributed by atoms with Gasteiger partial charge in [-0.25, -0.2) is 0 Å². The smallest absolute Gasteiger partial charge is 0.309 e. The second-order valence-electron chi connectivity index (χ2n) is 4.87.